The monoisotopic (exact) mass is 212 g/mol. The van der Waals surface area contributed by atoms with Crippen LogP contribution in [0.3, 0.4) is 0 Å². The van der Waals surface area contributed by atoms with E-state index in [1.165, 1.54) is 16.8 Å². The van der Waals surface area contributed by atoms with Crippen LogP contribution in [0.1, 0.15) is 19.8 Å². The van der Waals surface area contributed by atoms with Crippen molar-refractivity contribution in [2.75, 3.05) is 13.2 Å². The topological polar surface area (TPSA) is 64.1 Å². The summed E-state index contributed by atoms with van der Waals surface area (Å²) in [6, 6.07) is 1.33. The molecule has 0 saturated heterocycles. The van der Waals surface area contributed by atoms with Crippen molar-refractivity contribution < 1.29 is 4.74 Å². The lowest BCUT2D eigenvalue weighted by Crippen LogP contribution is -2.29. The van der Waals surface area contributed by atoms with E-state index >= 15 is 0 Å². The Bertz CT molecular complexity index is 394. The molecule has 15 heavy (non-hydrogen) atoms. The van der Waals surface area contributed by atoms with E-state index in [0.717, 1.165) is 12.8 Å². The van der Waals surface area contributed by atoms with Crippen molar-refractivity contribution >= 4 is 0 Å². The van der Waals surface area contributed by atoms with Gasteiger partial charge in [0.25, 0.3) is 5.56 Å². The number of hydrogen-bond donors (Lipinski definition) is 1. The van der Waals surface area contributed by atoms with E-state index in [0.29, 0.717) is 19.8 Å². The van der Waals surface area contributed by atoms with Crippen molar-refractivity contribution in [3.8, 4) is 0 Å². The molecule has 1 aromatic heterocycles. The molecular weight excluding hydrogens is 196 g/mol. The smallest absolute Gasteiger partial charge is 0.328 e. The number of rotatable bonds is 6. The summed E-state index contributed by atoms with van der Waals surface area (Å²) in [6.45, 7) is 3.77. The van der Waals surface area contributed by atoms with Gasteiger partial charge >= 0.3 is 5.69 Å². The summed E-state index contributed by atoms with van der Waals surface area (Å²) >= 11 is 0. The van der Waals surface area contributed by atoms with Gasteiger partial charge in [0.15, 0.2) is 0 Å². The van der Waals surface area contributed by atoms with Gasteiger partial charge in [-0.05, 0) is 6.42 Å². The highest BCUT2D eigenvalue weighted by molar-refractivity contribution is 4.82. The Morgan fingerprint density at radius 1 is 1.40 bits per heavy atom. The molecule has 5 nitrogen and oxygen atoms in total. The lowest BCUT2D eigenvalue weighted by molar-refractivity contribution is 0.122. The molecule has 0 radical (unpaired) electrons. The van der Waals surface area contributed by atoms with Crippen molar-refractivity contribution in [2.24, 2.45) is 0 Å². The number of hydrogen-bond acceptors (Lipinski definition) is 3. The standard InChI is InChI=1S/C10H16N2O3/c1-2-3-7-15-8-6-12-5-4-9(13)11-10(12)14/h4-5H,2-3,6-8H2,1H3,(H,11,13,14). The number of unbranched alkanes of at least 4 members (excludes halogenated alkanes) is 1. The molecule has 5 heteroatoms. The highest BCUT2D eigenvalue weighted by Crippen LogP contribution is 1.88. The van der Waals surface area contributed by atoms with Crippen LogP contribution in [-0.2, 0) is 11.3 Å². The Morgan fingerprint density at radius 3 is 2.87 bits per heavy atom. The molecule has 1 N–H and O–H groups in total. The van der Waals surface area contributed by atoms with Gasteiger partial charge in [-0.1, -0.05) is 13.3 Å². The Morgan fingerprint density at radius 2 is 2.20 bits per heavy atom. The van der Waals surface area contributed by atoms with Gasteiger partial charge in [0.2, 0.25) is 0 Å². The first-order chi connectivity index (χ1) is 7.24. The van der Waals surface area contributed by atoms with Crippen molar-refractivity contribution in [1.29, 1.82) is 0 Å². The molecule has 0 aromatic carbocycles. The van der Waals surface area contributed by atoms with Crippen LogP contribution in [0, 0.1) is 0 Å². The molecule has 0 atom stereocenters. The average molecular weight is 212 g/mol. The predicted molar refractivity (Wildman–Crippen MR) is 57.0 cm³/mol. The molecule has 0 saturated carbocycles. The third kappa shape index (κ3) is 4.12. The zero-order valence-corrected chi connectivity index (χ0v) is 8.86. The zero-order valence-electron chi connectivity index (χ0n) is 8.86. The molecule has 0 aliphatic carbocycles. The van der Waals surface area contributed by atoms with E-state index in [1.807, 2.05) is 0 Å². The van der Waals surface area contributed by atoms with Crippen LogP contribution < -0.4 is 11.2 Å². The van der Waals surface area contributed by atoms with E-state index in [2.05, 4.69) is 11.9 Å². The number of nitrogens with zero attached hydrogens (tertiary/aromatic N) is 1. The normalized spacial score (nSPS) is 10.5. The Labute approximate surface area is 87.7 Å². The fourth-order valence-corrected chi connectivity index (χ4v) is 1.13. The second-order valence-electron chi connectivity index (χ2n) is 3.27. The lowest BCUT2D eigenvalue weighted by atomic mass is 10.4. The summed E-state index contributed by atoms with van der Waals surface area (Å²) in [4.78, 5) is 24.2. The quantitative estimate of drug-likeness (QED) is 0.692. The van der Waals surface area contributed by atoms with Crippen LogP contribution in [-0.4, -0.2) is 22.8 Å². The first kappa shape index (κ1) is 11.7. The van der Waals surface area contributed by atoms with E-state index in [4.69, 9.17) is 4.74 Å². The summed E-state index contributed by atoms with van der Waals surface area (Å²) in [5, 5.41) is 0. The fourth-order valence-electron chi connectivity index (χ4n) is 1.13. The molecule has 0 unspecified atom stereocenters. The Hall–Kier alpha value is -1.36. The molecule has 0 amide bonds. The number of H-pyrrole nitrogens is 1. The molecule has 0 spiro atoms. The fraction of sp³-hybridized carbons (Fsp3) is 0.600. The molecule has 0 bridgehead atoms. The van der Waals surface area contributed by atoms with Crippen molar-refractivity contribution in [3.63, 3.8) is 0 Å². The molecule has 0 fully saturated rings. The third-order valence-corrected chi connectivity index (χ3v) is 2.02. The van der Waals surface area contributed by atoms with Crippen LogP contribution in [0.2, 0.25) is 0 Å². The SMILES string of the molecule is CCCCOCCn1ccc(=O)[nH]c1=O. The summed E-state index contributed by atoms with van der Waals surface area (Å²) in [7, 11) is 0. The third-order valence-electron chi connectivity index (χ3n) is 2.02. The number of aromatic amines is 1. The maximum atomic E-state index is 11.2. The number of aromatic nitrogens is 2. The van der Waals surface area contributed by atoms with E-state index in [-0.39, 0.29) is 11.2 Å². The molecule has 0 aliphatic heterocycles. The Balaban J connectivity index is 2.38. The molecule has 1 rings (SSSR count). The van der Waals surface area contributed by atoms with Gasteiger partial charge in [0, 0.05) is 18.9 Å². The minimum atomic E-state index is -0.387. The predicted octanol–water partition coefficient (Wildman–Crippen LogP) is 0.353. The highest BCUT2D eigenvalue weighted by Gasteiger charge is 1.95. The van der Waals surface area contributed by atoms with Gasteiger partial charge in [-0.25, -0.2) is 4.79 Å². The van der Waals surface area contributed by atoms with E-state index in [1.54, 1.807) is 0 Å². The molecule has 84 valence electrons. The number of ether oxygens (including phenoxy) is 1. The van der Waals surface area contributed by atoms with Crippen LogP contribution in [0.25, 0.3) is 0 Å². The van der Waals surface area contributed by atoms with Gasteiger partial charge in [-0.3, -0.25) is 14.3 Å². The molecule has 1 heterocycles. The molecule has 1 aromatic rings. The highest BCUT2D eigenvalue weighted by atomic mass is 16.5. The van der Waals surface area contributed by atoms with Crippen LogP contribution in [0.5, 0.6) is 0 Å². The minimum Gasteiger partial charge on any atom is -0.380 e. The minimum absolute atomic E-state index is 0.372. The average Bonchev–Trinajstić information content (AvgIpc) is 2.20. The van der Waals surface area contributed by atoms with Gasteiger partial charge in [0.1, 0.15) is 0 Å². The van der Waals surface area contributed by atoms with Gasteiger partial charge in [-0.2, -0.15) is 0 Å². The summed E-state index contributed by atoms with van der Waals surface area (Å²) < 4.78 is 6.74. The first-order valence-electron chi connectivity index (χ1n) is 5.11. The zero-order chi connectivity index (χ0) is 11.1. The van der Waals surface area contributed by atoms with Gasteiger partial charge < -0.3 is 4.74 Å². The number of nitrogens with one attached hydrogen (secondary N) is 1. The maximum Gasteiger partial charge on any atom is 0.328 e. The van der Waals surface area contributed by atoms with Crippen molar-refractivity contribution in [1.82, 2.24) is 9.55 Å². The van der Waals surface area contributed by atoms with Crippen LogP contribution >= 0.6 is 0 Å². The molecular formula is C10H16N2O3. The lowest BCUT2D eigenvalue weighted by Gasteiger charge is -2.05. The Kier molecular flexibility index (Phi) is 4.83. The van der Waals surface area contributed by atoms with Crippen molar-refractivity contribution in [2.45, 2.75) is 26.3 Å². The van der Waals surface area contributed by atoms with E-state index < -0.39 is 0 Å². The van der Waals surface area contributed by atoms with Crippen molar-refractivity contribution in [3.05, 3.63) is 33.1 Å². The van der Waals surface area contributed by atoms with Gasteiger partial charge in [0.05, 0.1) is 13.2 Å². The second kappa shape index (κ2) is 6.19. The molecule has 0 aliphatic rings. The van der Waals surface area contributed by atoms with Crippen LogP contribution in [0.4, 0.5) is 0 Å². The largest absolute Gasteiger partial charge is 0.380 e. The van der Waals surface area contributed by atoms with Gasteiger partial charge in [-0.15, -0.1) is 0 Å². The maximum absolute atomic E-state index is 11.2. The second-order valence-corrected chi connectivity index (χ2v) is 3.27. The van der Waals surface area contributed by atoms with E-state index in [9.17, 15) is 9.59 Å². The summed E-state index contributed by atoms with van der Waals surface area (Å²) in [5.74, 6) is 0. The summed E-state index contributed by atoms with van der Waals surface area (Å²) in [6.07, 6.45) is 3.60. The first-order valence-corrected chi connectivity index (χ1v) is 5.11. The summed E-state index contributed by atoms with van der Waals surface area (Å²) in [5.41, 5.74) is -0.759. The van der Waals surface area contributed by atoms with Crippen LogP contribution in [0.15, 0.2) is 21.9 Å².